The van der Waals surface area contributed by atoms with Crippen molar-refractivity contribution in [3.05, 3.63) is 58.4 Å². The van der Waals surface area contributed by atoms with Crippen molar-refractivity contribution >= 4 is 27.3 Å². The van der Waals surface area contributed by atoms with Crippen molar-refractivity contribution in [2.45, 2.75) is 23.1 Å². The highest BCUT2D eigenvalue weighted by Crippen LogP contribution is 2.34. The molecule has 8 nitrogen and oxygen atoms in total. The topological polar surface area (TPSA) is 120 Å². The minimum Gasteiger partial charge on any atom is -0.347 e. The highest BCUT2D eigenvalue weighted by atomic mass is 32.2. The molecule has 3 N–H and O–H groups in total. The van der Waals surface area contributed by atoms with Crippen LogP contribution < -0.4 is 10.5 Å². The zero-order valence-electron chi connectivity index (χ0n) is 15.4. The largest absolute Gasteiger partial charge is 0.434 e. The third-order valence-electron chi connectivity index (χ3n) is 3.92. The number of halogens is 6. The lowest BCUT2D eigenvalue weighted by atomic mass is 10.2. The van der Waals surface area contributed by atoms with Crippen molar-refractivity contribution in [1.82, 2.24) is 20.1 Å². The Kier molecular flexibility index (Phi) is 6.05. The van der Waals surface area contributed by atoms with Gasteiger partial charge in [-0.15, -0.1) is 11.3 Å². The summed E-state index contributed by atoms with van der Waals surface area (Å²) in [6.45, 7) is -0.306. The second-order valence-corrected chi connectivity index (χ2v) is 9.12. The summed E-state index contributed by atoms with van der Waals surface area (Å²) in [5.41, 5.74) is -3.61. The molecule has 0 bridgehead atoms. The Balaban J connectivity index is 1.88. The maximum atomic E-state index is 13.6. The first-order valence-electron chi connectivity index (χ1n) is 8.26. The summed E-state index contributed by atoms with van der Waals surface area (Å²) in [7, 11) is -3.97. The molecular weight excluding hydrogens is 488 g/mol. The summed E-state index contributed by atoms with van der Waals surface area (Å²) >= 11 is 0.719. The van der Waals surface area contributed by atoms with Crippen LogP contribution in [0, 0.1) is 0 Å². The molecule has 0 atom stereocenters. The van der Waals surface area contributed by atoms with Crippen molar-refractivity contribution in [2.24, 2.45) is 5.14 Å². The van der Waals surface area contributed by atoms with Gasteiger partial charge in [0.25, 0.3) is 5.91 Å². The Labute approximate surface area is 179 Å². The molecule has 1 amide bonds. The van der Waals surface area contributed by atoms with E-state index in [-0.39, 0.29) is 15.4 Å². The molecule has 0 saturated carbocycles. The first-order chi connectivity index (χ1) is 14.7. The quantitative estimate of drug-likeness (QED) is 0.523. The van der Waals surface area contributed by atoms with Gasteiger partial charge in [-0.3, -0.25) is 4.79 Å². The number of pyridine rings is 1. The molecule has 0 aromatic carbocycles. The van der Waals surface area contributed by atoms with E-state index in [0.717, 1.165) is 11.3 Å². The molecule has 3 aromatic heterocycles. The third-order valence-corrected chi connectivity index (χ3v) is 6.44. The Morgan fingerprint density at radius 2 is 1.75 bits per heavy atom. The number of thiophene rings is 1. The number of carbonyl (C=O) groups excluding carboxylic acids is 1. The predicted molar refractivity (Wildman–Crippen MR) is 98.2 cm³/mol. The summed E-state index contributed by atoms with van der Waals surface area (Å²) < 4.78 is 101. The Morgan fingerprint density at radius 1 is 1.06 bits per heavy atom. The molecule has 0 unspecified atom stereocenters. The Bertz CT molecular complexity index is 1250. The Hall–Kier alpha value is -2.98. The van der Waals surface area contributed by atoms with E-state index in [2.05, 4.69) is 15.4 Å². The molecule has 0 saturated heterocycles. The second kappa shape index (κ2) is 8.18. The van der Waals surface area contributed by atoms with E-state index >= 15 is 0 Å². The fourth-order valence-corrected chi connectivity index (χ4v) is 4.23. The number of nitrogens with two attached hydrogens (primary N) is 1. The highest BCUT2D eigenvalue weighted by molar-refractivity contribution is 7.91. The van der Waals surface area contributed by atoms with E-state index in [0.29, 0.717) is 29.4 Å². The van der Waals surface area contributed by atoms with Crippen LogP contribution in [0.5, 0.6) is 0 Å². The van der Waals surface area contributed by atoms with Crippen LogP contribution in [0.4, 0.5) is 26.3 Å². The smallest absolute Gasteiger partial charge is 0.347 e. The second-order valence-electron chi connectivity index (χ2n) is 6.17. The molecule has 0 aliphatic carbocycles. The third kappa shape index (κ3) is 5.08. The van der Waals surface area contributed by atoms with Gasteiger partial charge in [-0.05, 0) is 24.3 Å². The first kappa shape index (κ1) is 23.7. The number of nitrogens with one attached hydrogen (secondary N) is 1. The van der Waals surface area contributed by atoms with Crippen LogP contribution in [0.1, 0.15) is 26.5 Å². The van der Waals surface area contributed by atoms with Gasteiger partial charge in [0.1, 0.15) is 4.21 Å². The molecule has 3 rings (SSSR count). The van der Waals surface area contributed by atoms with E-state index < -0.39 is 50.9 Å². The molecule has 172 valence electrons. The minimum atomic E-state index is -5.10. The summed E-state index contributed by atoms with van der Waals surface area (Å²) in [6.07, 6.45) is -8.89. The SMILES string of the molecule is NS(=O)(=O)c1ccc(CNC(=O)c2cnn(-c3ccc(C(F)(F)F)cn3)c2C(F)(F)F)s1. The number of alkyl halides is 6. The minimum absolute atomic E-state index is 0.195. The van der Waals surface area contributed by atoms with Gasteiger partial charge >= 0.3 is 12.4 Å². The molecule has 32 heavy (non-hydrogen) atoms. The normalized spacial score (nSPS) is 12.7. The molecule has 16 heteroatoms. The Morgan fingerprint density at radius 3 is 2.25 bits per heavy atom. The van der Waals surface area contributed by atoms with Crippen molar-refractivity contribution in [2.75, 3.05) is 0 Å². The van der Waals surface area contributed by atoms with E-state index in [1.807, 2.05) is 0 Å². The van der Waals surface area contributed by atoms with Gasteiger partial charge < -0.3 is 5.32 Å². The number of aromatic nitrogens is 3. The van der Waals surface area contributed by atoms with Crippen LogP contribution in [0.3, 0.4) is 0 Å². The summed E-state index contributed by atoms with van der Waals surface area (Å²) in [5, 5.41) is 10.6. The lowest BCUT2D eigenvalue weighted by Gasteiger charge is -2.13. The van der Waals surface area contributed by atoms with Gasteiger partial charge in [0, 0.05) is 11.1 Å². The molecule has 3 aromatic rings. The molecular formula is C16H11F6N5O3S2. The van der Waals surface area contributed by atoms with Crippen LogP contribution in [0.25, 0.3) is 5.82 Å². The number of hydrogen-bond donors (Lipinski definition) is 2. The molecule has 0 aliphatic rings. The number of rotatable bonds is 5. The van der Waals surface area contributed by atoms with Gasteiger partial charge in [0.05, 0.1) is 23.9 Å². The fourth-order valence-electron chi connectivity index (χ4n) is 2.51. The lowest BCUT2D eigenvalue weighted by Crippen LogP contribution is -2.26. The predicted octanol–water partition coefficient (Wildman–Crippen LogP) is 2.94. The number of nitrogens with zero attached hydrogens (tertiary/aromatic N) is 3. The van der Waals surface area contributed by atoms with E-state index in [1.165, 1.54) is 12.1 Å². The van der Waals surface area contributed by atoms with Crippen LogP contribution >= 0.6 is 11.3 Å². The molecule has 0 aliphatic heterocycles. The van der Waals surface area contributed by atoms with E-state index in [4.69, 9.17) is 5.14 Å². The zero-order chi connectivity index (χ0) is 23.9. The number of primary sulfonamides is 1. The molecule has 3 heterocycles. The fraction of sp³-hybridized carbons (Fsp3) is 0.188. The summed E-state index contributed by atoms with van der Waals surface area (Å²) in [5.74, 6) is -1.78. The first-order valence-corrected chi connectivity index (χ1v) is 10.6. The number of sulfonamides is 1. The standard InChI is InChI=1S/C16H11F6N5O3S2/c17-15(18,19)8-1-3-11(24-5-8)27-13(16(20,21)22)10(7-26-27)14(28)25-6-9-2-4-12(31-9)32(23,29)30/h1-5,7H,6H2,(H,25,28)(H2,23,29,30). The average Bonchev–Trinajstić information content (AvgIpc) is 3.32. The van der Waals surface area contributed by atoms with Crippen LogP contribution in [-0.4, -0.2) is 29.1 Å². The molecule has 0 fully saturated rings. The monoisotopic (exact) mass is 499 g/mol. The number of hydrogen-bond acceptors (Lipinski definition) is 6. The number of amides is 1. The van der Waals surface area contributed by atoms with Crippen molar-refractivity contribution < 1.29 is 39.6 Å². The zero-order valence-corrected chi connectivity index (χ0v) is 17.0. The maximum Gasteiger partial charge on any atom is 0.434 e. The lowest BCUT2D eigenvalue weighted by molar-refractivity contribution is -0.143. The van der Waals surface area contributed by atoms with Gasteiger partial charge in [0.2, 0.25) is 10.0 Å². The van der Waals surface area contributed by atoms with Gasteiger partial charge in [-0.1, -0.05) is 0 Å². The van der Waals surface area contributed by atoms with Gasteiger partial charge in [0.15, 0.2) is 11.5 Å². The summed E-state index contributed by atoms with van der Waals surface area (Å²) in [6, 6.07) is 3.72. The van der Waals surface area contributed by atoms with E-state index in [1.54, 1.807) is 0 Å². The summed E-state index contributed by atoms with van der Waals surface area (Å²) in [4.78, 5) is 16.0. The van der Waals surface area contributed by atoms with Crippen molar-refractivity contribution in [3.8, 4) is 5.82 Å². The molecule has 0 spiro atoms. The van der Waals surface area contributed by atoms with Crippen LogP contribution in [-0.2, 0) is 28.9 Å². The van der Waals surface area contributed by atoms with E-state index in [9.17, 15) is 39.6 Å². The van der Waals surface area contributed by atoms with Crippen LogP contribution in [0.15, 0.2) is 40.9 Å². The van der Waals surface area contributed by atoms with Crippen molar-refractivity contribution in [1.29, 1.82) is 0 Å². The number of carbonyl (C=O) groups is 1. The highest BCUT2D eigenvalue weighted by Gasteiger charge is 2.41. The molecule has 0 radical (unpaired) electrons. The maximum absolute atomic E-state index is 13.6. The van der Waals surface area contributed by atoms with Gasteiger partial charge in [-0.25, -0.2) is 23.2 Å². The average molecular weight is 499 g/mol. The van der Waals surface area contributed by atoms with Gasteiger partial charge in [-0.2, -0.15) is 31.4 Å². The van der Waals surface area contributed by atoms with Crippen LogP contribution in [0.2, 0.25) is 0 Å². The van der Waals surface area contributed by atoms with Crippen molar-refractivity contribution in [3.63, 3.8) is 0 Å².